The molecule has 0 radical (unpaired) electrons. The van der Waals surface area contributed by atoms with Crippen molar-refractivity contribution >= 4 is 23.5 Å². The quantitative estimate of drug-likeness (QED) is 0.760. The molecule has 8 nitrogen and oxygen atoms in total. The van der Waals surface area contributed by atoms with Crippen molar-refractivity contribution in [1.82, 2.24) is 9.97 Å². The van der Waals surface area contributed by atoms with Gasteiger partial charge in [-0.3, -0.25) is 4.79 Å². The summed E-state index contributed by atoms with van der Waals surface area (Å²) in [6.45, 7) is 0. The number of anilines is 2. The van der Waals surface area contributed by atoms with E-state index in [9.17, 15) is 4.79 Å². The van der Waals surface area contributed by atoms with Gasteiger partial charge in [0.05, 0.1) is 27.5 Å². The largest absolute Gasteiger partial charge is 0.493 e. The van der Waals surface area contributed by atoms with Crippen LogP contribution >= 0.6 is 0 Å². The van der Waals surface area contributed by atoms with Crippen molar-refractivity contribution < 1.29 is 19.0 Å². The van der Waals surface area contributed by atoms with Gasteiger partial charge in [-0.05, 0) is 23.8 Å². The summed E-state index contributed by atoms with van der Waals surface area (Å²) in [7, 11) is 8.25. The molecule has 1 amide bonds. The van der Waals surface area contributed by atoms with Gasteiger partial charge in [0.1, 0.15) is 5.69 Å². The number of hydrogen-bond donors (Lipinski definition) is 1. The minimum absolute atomic E-state index is 0.229. The Hall–Kier alpha value is -3.29. The first-order valence-electron chi connectivity index (χ1n) is 7.78. The van der Waals surface area contributed by atoms with Gasteiger partial charge in [-0.25, -0.2) is 4.98 Å². The molecule has 0 saturated carbocycles. The number of nitrogens with one attached hydrogen (secondary N) is 1. The summed E-state index contributed by atoms with van der Waals surface area (Å²) < 4.78 is 15.5. The van der Waals surface area contributed by atoms with Crippen LogP contribution in [-0.4, -0.2) is 51.3 Å². The summed E-state index contributed by atoms with van der Waals surface area (Å²) in [6.07, 6.45) is 4.60. The summed E-state index contributed by atoms with van der Waals surface area (Å²) in [5.41, 5.74) is 1.29. The van der Waals surface area contributed by atoms with Crippen LogP contribution in [0.25, 0.3) is 6.08 Å². The molecule has 0 spiro atoms. The highest BCUT2D eigenvalue weighted by Gasteiger charge is 2.11. The van der Waals surface area contributed by atoms with Crippen LogP contribution in [-0.2, 0) is 4.79 Å². The molecule has 26 heavy (non-hydrogen) atoms. The average molecular weight is 358 g/mol. The number of benzene rings is 1. The van der Waals surface area contributed by atoms with Crippen molar-refractivity contribution in [3.05, 3.63) is 36.0 Å². The first-order chi connectivity index (χ1) is 12.5. The Bertz CT molecular complexity index is 806. The molecule has 0 saturated heterocycles. The van der Waals surface area contributed by atoms with Crippen LogP contribution in [0.1, 0.15) is 5.56 Å². The smallest absolute Gasteiger partial charge is 0.318 e. The number of rotatable bonds is 7. The maximum Gasteiger partial charge on any atom is 0.318 e. The predicted octanol–water partition coefficient (Wildman–Crippen LogP) is 2.22. The lowest BCUT2D eigenvalue weighted by Crippen LogP contribution is -2.17. The van der Waals surface area contributed by atoms with Gasteiger partial charge in [0.2, 0.25) is 5.91 Å². The van der Waals surface area contributed by atoms with Crippen LogP contribution < -0.4 is 24.4 Å². The van der Waals surface area contributed by atoms with Crippen LogP contribution in [0.3, 0.4) is 0 Å². The maximum atomic E-state index is 12.2. The van der Waals surface area contributed by atoms with Gasteiger partial charge in [-0.15, -0.1) is 0 Å². The molecule has 0 atom stereocenters. The molecule has 0 fully saturated rings. The monoisotopic (exact) mass is 358 g/mol. The predicted molar refractivity (Wildman–Crippen MR) is 100 cm³/mol. The van der Waals surface area contributed by atoms with Crippen molar-refractivity contribution in [1.29, 1.82) is 0 Å². The Morgan fingerprint density at radius 3 is 2.46 bits per heavy atom. The molecule has 8 heteroatoms. The summed E-state index contributed by atoms with van der Waals surface area (Å²) in [5.74, 6) is 1.45. The number of carbonyl (C=O) groups excluding carboxylic acids is 1. The number of ether oxygens (including phenoxy) is 3. The lowest BCUT2D eigenvalue weighted by atomic mass is 10.2. The fourth-order valence-corrected chi connectivity index (χ4v) is 2.19. The second-order valence-electron chi connectivity index (χ2n) is 5.43. The minimum atomic E-state index is -0.309. The van der Waals surface area contributed by atoms with E-state index in [1.54, 1.807) is 37.3 Å². The van der Waals surface area contributed by atoms with Crippen LogP contribution in [0, 0.1) is 0 Å². The third-order valence-corrected chi connectivity index (χ3v) is 3.45. The molecule has 1 N–H and O–H groups in total. The van der Waals surface area contributed by atoms with E-state index in [4.69, 9.17) is 14.2 Å². The first-order valence-corrected chi connectivity index (χ1v) is 7.78. The van der Waals surface area contributed by atoms with E-state index in [2.05, 4.69) is 15.3 Å². The maximum absolute atomic E-state index is 12.2. The van der Waals surface area contributed by atoms with Gasteiger partial charge in [-0.2, -0.15) is 4.98 Å². The summed E-state index contributed by atoms with van der Waals surface area (Å²) in [5, 5.41) is 2.76. The van der Waals surface area contributed by atoms with Crippen molar-refractivity contribution in [2.75, 3.05) is 45.6 Å². The van der Waals surface area contributed by atoms with Gasteiger partial charge in [0, 0.05) is 20.2 Å². The number of aromatic nitrogens is 2. The first kappa shape index (κ1) is 19.0. The molecule has 1 aromatic heterocycles. The van der Waals surface area contributed by atoms with Gasteiger partial charge < -0.3 is 24.4 Å². The zero-order valence-corrected chi connectivity index (χ0v) is 15.4. The molecule has 0 aliphatic carbocycles. The topological polar surface area (TPSA) is 85.8 Å². The van der Waals surface area contributed by atoms with E-state index in [-0.39, 0.29) is 11.9 Å². The molecule has 0 unspecified atom stereocenters. The Morgan fingerprint density at radius 2 is 1.85 bits per heavy atom. The van der Waals surface area contributed by atoms with Gasteiger partial charge in [0.15, 0.2) is 17.3 Å². The summed E-state index contributed by atoms with van der Waals surface area (Å²) in [4.78, 5) is 22.2. The fourth-order valence-electron chi connectivity index (χ4n) is 2.19. The van der Waals surface area contributed by atoms with Crippen molar-refractivity contribution in [2.24, 2.45) is 0 Å². The zero-order valence-electron chi connectivity index (χ0n) is 15.4. The lowest BCUT2D eigenvalue weighted by Gasteiger charge is -2.16. The average Bonchev–Trinajstić information content (AvgIpc) is 2.66. The Morgan fingerprint density at radius 1 is 1.12 bits per heavy atom. The SMILES string of the molecule is COc1ncc(NC(=O)/C=C/c2ccc(OC)c(OC)c2)c(N(C)C)n1. The van der Waals surface area contributed by atoms with Crippen molar-refractivity contribution in [2.45, 2.75) is 0 Å². The summed E-state index contributed by atoms with van der Waals surface area (Å²) in [6, 6.07) is 5.61. The lowest BCUT2D eigenvalue weighted by molar-refractivity contribution is -0.111. The molecule has 138 valence electrons. The second kappa shape index (κ2) is 8.70. The van der Waals surface area contributed by atoms with E-state index in [0.29, 0.717) is 23.0 Å². The molecule has 1 aromatic carbocycles. The molecule has 1 heterocycles. The number of nitrogens with zero attached hydrogens (tertiary/aromatic N) is 3. The van der Waals surface area contributed by atoms with E-state index < -0.39 is 0 Å². The Kier molecular flexibility index (Phi) is 6.37. The second-order valence-corrected chi connectivity index (χ2v) is 5.43. The Labute approximate surface area is 152 Å². The molecule has 2 rings (SSSR count). The third kappa shape index (κ3) is 4.62. The number of methoxy groups -OCH3 is 3. The molecule has 2 aromatic rings. The number of hydrogen-bond acceptors (Lipinski definition) is 7. The molecule has 0 aliphatic heterocycles. The normalized spacial score (nSPS) is 10.5. The standard InChI is InChI=1S/C18H22N4O4/c1-22(2)17-13(11-19-18(21-17)26-5)20-16(23)9-7-12-6-8-14(24-3)15(10-12)25-4/h6-11H,1-5H3,(H,20,23)/b9-7+. The van der Waals surface area contributed by atoms with E-state index in [1.165, 1.54) is 19.4 Å². The highest BCUT2D eigenvalue weighted by atomic mass is 16.5. The highest BCUT2D eigenvalue weighted by Crippen LogP contribution is 2.28. The highest BCUT2D eigenvalue weighted by molar-refractivity contribution is 6.03. The van der Waals surface area contributed by atoms with Crippen LogP contribution in [0.5, 0.6) is 17.5 Å². The molecule has 0 aliphatic rings. The van der Waals surface area contributed by atoms with E-state index in [1.807, 2.05) is 20.2 Å². The van der Waals surface area contributed by atoms with Gasteiger partial charge >= 0.3 is 6.01 Å². The molecular weight excluding hydrogens is 336 g/mol. The van der Waals surface area contributed by atoms with Crippen molar-refractivity contribution in [3.63, 3.8) is 0 Å². The van der Waals surface area contributed by atoms with Crippen LogP contribution in [0.4, 0.5) is 11.5 Å². The van der Waals surface area contributed by atoms with Gasteiger partial charge in [-0.1, -0.05) is 6.07 Å². The minimum Gasteiger partial charge on any atom is -0.493 e. The fraction of sp³-hybridized carbons (Fsp3) is 0.278. The Balaban J connectivity index is 2.15. The molecule has 0 bridgehead atoms. The van der Waals surface area contributed by atoms with Crippen LogP contribution in [0.15, 0.2) is 30.5 Å². The van der Waals surface area contributed by atoms with Crippen LogP contribution in [0.2, 0.25) is 0 Å². The third-order valence-electron chi connectivity index (χ3n) is 3.45. The van der Waals surface area contributed by atoms with Crippen molar-refractivity contribution in [3.8, 4) is 17.5 Å². The zero-order chi connectivity index (χ0) is 19.1. The van der Waals surface area contributed by atoms with Gasteiger partial charge in [0.25, 0.3) is 0 Å². The number of amides is 1. The van der Waals surface area contributed by atoms with E-state index >= 15 is 0 Å². The molecular formula is C18H22N4O4. The number of carbonyl (C=O) groups is 1. The van der Waals surface area contributed by atoms with E-state index in [0.717, 1.165) is 5.56 Å². The summed E-state index contributed by atoms with van der Waals surface area (Å²) >= 11 is 0.